The van der Waals surface area contributed by atoms with E-state index in [0.717, 1.165) is 17.7 Å². The van der Waals surface area contributed by atoms with E-state index in [0.29, 0.717) is 22.5 Å². The molecule has 0 spiro atoms. The molecule has 0 amide bonds. The average molecular weight is 666 g/mol. The topological polar surface area (TPSA) is 80.8 Å². The van der Waals surface area contributed by atoms with Crippen molar-refractivity contribution in [3.8, 4) is 0 Å². The molecular weight excluding hydrogens is 641 g/mol. The summed E-state index contributed by atoms with van der Waals surface area (Å²) in [7, 11) is -3.56. The minimum Gasteiger partial charge on any atom is -0.469 e. The van der Waals surface area contributed by atoms with Crippen LogP contribution in [-0.4, -0.2) is 27.3 Å². The quantitative estimate of drug-likeness (QED) is 0.0935. The van der Waals surface area contributed by atoms with Crippen LogP contribution in [-0.2, 0) is 38.7 Å². The van der Waals surface area contributed by atoms with Gasteiger partial charge in [-0.1, -0.05) is 60.1 Å². The molecule has 0 saturated heterocycles. The predicted molar refractivity (Wildman–Crippen MR) is 157 cm³/mol. The second-order valence-corrected chi connectivity index (χ2v) is 12.3. The fourth-order valence-electron chi connectivity index (χ4n) is 4.61. The normalized spacial score (nSPS) is 12.4. The van der Waals surface area contributed by atoms with Gasteiger partial charge in [-0.3, -0.25) is 13.9 Å². The lowest BCUT2D eigenvalue weighted by Gasteiger charge is -2.26. The van der Waals surface area contributed by atoms with Gasteiger partial charge >= 0.3 is 12.1 Å². The third-order valence-corrected chi connectivity index (χ3v) is 8.99. The molecule has 0 aliphatic carbocycles. The van der Waals surface area contributed by atoms with Crippen LogP contribution in [0.5, 0.6) is 0 Å². The lowest BCUT2D eigenvalue weighted by Crippen LogP contribution is -2.31. The summed E-state index contributed by atoms with van der Waals surface area (Å²) in [6.07, 6.45) is -4.96. The summed E-state index contributed by atoms with van der Waals surface area (Å²) < 4.78 is 102. The zero-order valence-electron chi connectivity index (χ0n) is 23.5. The summed E-state index contributed by atoms with van der Waals surface area (Å²) in [6, 6.07) is 18.8. The predicted octanol–water partition coefficient (Wildman–Crippen LogP) is 7.64. The van der Waals surface area contributed by atoms with Crippen LogP contribution in [0.1, 0.15) is 33.5 Å². The number of alkyl halides is 3. The summed E-state index contributed by atoms with van der Waals surface area (Å²) in [4.78, 5) is 25.2. The van der Waals surface area contributed by atoms with Gasteiger partial charge < -0.3 is 4.74 Å². The average Bonchev–Trinajstić information content (AvgIpc) is 3.01. The second-order valence-electron chi connectivity index (χ2n) is 9.99. The number of carbonyl (C=O) groups excluding carboxylic acids is 2. The number of hydrogen-bond acceptors (Lipinski definition) is 5. The summed E-state index contributed by atoms with van der Waals surface area (Å²) >= 11 is 5.73. The van der Waals surface area contributed by atoms with Crippen molar-refractivity contribution in [3.63, 3.8) is 0 Å². The number of benzene rings is 4. The minimum absolute atomic E-state index is 0.00737. The van der Waals surface area contributed by atoms with Gasteiger partial charge in [0, 0.05) is 12.0 Å². The Bertz CT molecular complexity index is 1820. The highest BCUT2D eigenvalue weighted by atomic mass is 35.5. The number of halogens is 6. The molecule has 0 aliphatic rings. The fourth-order valence-corrected chi connectivity index (χ4v) is 6.30. The number of anilines is 1. The third kappa shape index (κ3) is 8.06. The molecule has 236 valence electrons. The van der Waals surface area contributed by atoms with Crippen LogP contribution in [0.25, 0.3) is 0 Å². The maximum atomic E-state index is 14.1. The van der Waals surface area contributed by atoms with Crippen LogP contribution in [0.4, 0.5) is 27.6 Å². The summed E-state index contributed by atoms with van der Waals surface area (Å²) in [5.74, 6) is -4.81. The Morgan fingerprint density at radius 2 is 1.58 bits per heavy atom. The Morgan fingerprint density at radius 1 is 0.867 bits per heavy atom. The van der Waals surface area contributed by atoms with Gasteiger partial charge in [0.2, 0.25) is 0 Å². The highest BCUT2D eigenvalue weighted by molar-refractivity contribution is 7.92. The second kappa shape index (κ2) is 13.8. The first-order valence-corrected chi connectivity index (χ1v) is 15.1. The maximum Gasteiger partial charge on any atom is 0.417 e. The van der Waals surface area contributed by atoms with Crippen molar-refractivity contribution in [2.75, 3.05) is 11.4 Å². The van der Waals surface area contributed by atoms with E-state index in [-0.39, 0.29) is 29.7 Å². The van der Waals surface area contributed by atoms with Crippen molar-refractivity contribution in [2.45, 2.75) is 30.5 Å². The van der Waals surface area contributed by atoms with E-state index in [2.05, 4.69) is 0 Å². The largest absolute Gasteiger partial charge is 0.469 e. The molecule has 0 N–H and O–H groups in total. The molecule has 4 rings (SSSR count). The van der Waals surface area contributed by atoms with Crippen molar-refractivity contribution in [1.82, 2.24) is 0 Å². The van der Waals surface area contributed by atoms with Crippen molar-refractivity contribution in [2.24, 2.45) is 5.92 Å². The molecule has 0 bridgehead atoms. The first-order valence-electron chi connectivity index (χ1n) is 13.3. The zero-order chi connectivity index (χ0) is 32.9. The van der Waals surface area contributed by atoms with Gasteiger partial charge in [-0.25, -0.2) is 17.2 Å². The van der Waals surface area contributed by atoms with E-state index in [1.165, 1.54) is 37.4 Å². The first kappa shape index (κ1) is 33.6. The fraction of sp³-hybridized carbons (Fsp3) is 0.188. The molecule has 4 aromatic carbocycles. The van der Waals surface area contributed by atoms with E-state index in [1.54, 1.807) is 30.3 Å². The SMILES string of the molecule is COC(=O)C(CC(=O)c1cccc(N(Cc2ccc(Cl)c(C(F)(F)F)c2)S(=O)(=O)c2ccc(F)c(F)c2)c1)Cc1ccccc1. The smallest absolute Gasteiger partial charge is 0.417 e. The van der Waals surface area contributed by atoms with E-state index >= 15 is 0 Å². The molecule has 0 heterocycles. The highest BCUT2D eigenvalue weighted by Gasteiger charge is 2.34. The van der Waals surface area contributed by atoms with E-state index < -0.39 is 67.5 Å². The van der Waals surface area contributed by atoms with Crippen molar-refractivity contribution < 1.29 is 44.7 Å². The number of methoxy groups -OCH3 is 1. The van der Waals surface area contributed by atoms with Gasteiger partial charge in [-0.15, -0.1) is 0 Å². The van der Waals surface area contributed by atoms with Gasteiger partial charge in [0.1, 0.15) is 0 Å². The van der Waals surface area contributed by atoms with Crippen molar-refractivity contribution in [3.05, 3.63) is 130 Å². The summed E-state index contributed by atoms with van der Waals surface area (Å²) in [5, 5.41) is -0.607. The Hall–Kier alpha value is -4.29. The molecular formula is C32H25ClF5NO5S. The van der Waals surface area contributed by atoms with Crippen molar-refractivity contribution in [1.29, 1.82) is 0 Å². The number of hydrogen-bond donors (Lipinski definition) is 0. The van der Waals surface area contributed by atoms with Crippen LogP contribution in [0.15, 0.2) is 95.9 Å². The molecule has 45 heavy (non-hydrogen) atoms. The number of ketones is 1. The number of rotatable bonds is 11. The minimum atomic E-state index is -4.85. The molecule has 1 unspecified atom stereocenters. The standard InChI is InChI=1S/C32H25ClF5NO5S/c1-44-31(41)23(14-20-6-3-2-4-7-20)17-30(40)22-8-5-9-24(16-22)39(45(42,43)25-11-13-28(34)29(35)18-25)19-21-10-12-27(33)26(15-21)32(36,37)38/h2-13,15-16,18,23H,14,17,19H2,1H3. The number of Topliss-reactive ketones (excluding diaryl/α,β-unsaturated/α-hetero) is 1. The Kier molecular flexibility index (Phi) is 10.3. The van der Waals surface area contributed by atoms with Gasteiger partial charge in [0.05, 0.1) is 40.7 Å². The molecule has 1 atom stereocenters. The zero-order valence-corrected chi connectivity index (χ0v) is 25.1. The molecule has 6 nitrogen and oxygen atoms in total. The monoisotopic (exact) mass is 665 g/mol. The Balaban J connectivity index is 1.74. The molecule has 4 aromatic rings. The number of ether oxygens (including phenoxy) is 1. The molecule has 0 saturated carbocycles. The van der Waals surface area contributed by atoms with Crippen molar-refractivity contribution >= 4 is 39.1 Å². The van der Waals surface area contributed by atoms with E-state index in [1.807, 2.05) is 0 Å². The number of sulfonamides is 1. The van der Waals surface area contributed by atoms with E-state index in [4.69, 9.17) is 16.3 Å². The van der Waals surface area contributed by atoms with Crippen LogP contribution in [0, 0.1) is 17.6 Å². The number of carbonyl (C=O) groups is 2. The molecule has 0 fully saturated rings. The van der Waals surface area contributed by atoms with Crippen LogP contribution in [0.3, 0.4) is 0 Å². The Labute approximate surface area is 261 Å². The number of nitrogens with zero attached hydrogens (tertiary/aromatic N) is 1. The summed E-state index contributed by atoms with van der Waals surface area (Å²) in [5.41, 5.74) is -0.732. The lowest BCUT2D eigenvalue weighted by molar-refractivity contribution is -0.145. The first-order chi connectivity index (χ1) is 21.2. The third-order valence-electron chi connectivity index (χ3n) is 6.89. The maximum absolute atomic E-state index is 14.1. The molecule has 0 radical (unpaired) electrons. The van der Waals surface area contributed by atoms with E-state index in [9.17, 15) is 40.0 Å². The van der Waals surface area contributed by atoms with Gasteiger partial charge in [-0.2, -0.15) is 13.2 Å². The number of esters is 1. The van der Waals surface area contributed by atoms with Crippen LogP contribution in [0.2, 0.25) is 5.02 Å². The molecule has 0 aromatic heterocycles. The van der Waals surface area contributed by atoms with Gasteiger partial charge in [0.25, 0.3) is 10.0 Å². The van der Waals surface area contributed by atoms with Gasteiger partial charge in [-0.05, 0) is 60.0 Å². The van der Waals surface area contributed by atoms with Crippen LogP contribution >= 0.6 is 11.6 Å². The lowest BCUT2D eigenvalue weighted by atomic mass is 9.92. The molecule has 13 heteroatoms. The molecule has 0 aliphatic heterocycles. The van der Waals surface area contributed by atoms with Crippen LogP contribution < -0.4 is 4.31 Å². The Morgan fingerprint density at radius 3 is 2.22 bits per heavy atom. The van der Waals surface area contributed by atoms with Gasteiger partial charge in [0.15, 0.2) is 17.4 Å². The summed E-state index contributed by atoms with van der Waals surface area (Å²) in [6.45, 7) is -0.696. The highest BCUT2D eigenvalue weighted by Crippen LogP contribution is 2.36.